The summed E-state index contributed by atoms with van der Waals surface area (Å²) in [6.07, 6.45) is 0. The summed E-state index contributed by atoms with van der Waals surface area (Å²) in [5.74, 6) is -0.603. The molecule has 0 spiro atoms. The molecule has 0 saturated heterocycles. The van der Waals surface area contributed by atoms with Crippen molar-refractivity contribution in [2.24, 2.45) is 0 Å². The summed E-state index contributed by atoms with van der Waals surface area (Å²) in [5.41, 5.74) is 0.638. The molecule has 0 aliphatic carbocycles. The summed E-state index contributed by atoms with van der Waals surface area (Å²) in [5, 5.41) is 3.69. The third-order valence-electron chi connectivity index (χ3n) is 2.64. The minimum Gasteiger partial charge on any atom is -0.360 e. The number of benzene rings is 1. The van der Waals surface area contributed by atoms with E-state index in [4.69, 9.17) is 16.1 Å². The second kappa shape index (κ2) is 4.94. The van der Waals surface area contributed by atoms with Crippen molar-refractivity contribution < 1.29 is 17.3 Å². The average molecular weight is 304 g/mol. The van der Waals surface area contributed by atoms with Crippen LogP contribution in [-0.2, 0) is 15.6 Å². The summed E-state index contributed by atoms with van der Waals surface area (Å²) >= 11 is 5.83. The van der Waals surface area contributed by atoms with Crippen molar-refractivity contribution >= 4 is 21.4 Å². The number of halogens is 2. The Morgan fingerprint density at radius 2 is 2.05 bits per heavy atom. The Morgan fingerprint density at radius 1 is 1.37 bits per heavy atom. The Balaban J connectivity index is 2.42. The van der Waals surface area contributed by atoms with E-state index in [1.807, 2.05) is 0 Å². The number of aromatic nitrogens is 1. The molecule has 0 amide bonds. The highest BCUT2D eigenvalue weighted by Crippen LogP contribution is 2.26. The van der Waals surface area contributed by atoms with Gasteiger partial charge in [-0.2, -0.15) is 0 Å². The van der Waals surface area contributed by atoms with Crippen LogP contribution in [0.2, 0.25) is 5.02 Å². The van der Waals surface area contributed by atoms with Crippen molar-refractivity contribution in [2.45, 2.75) is 24.5 Å². The quantitative estimate of drug-likeness (QED) is 0.874. The van der Waals surface area contributed by atoms with E-state index in [-0.39, 0.29) is 21.4 Å². The topological polar surface area (TPSA) is 60.2 Å². The van der Waals surface area contributed by atoms with Crippen LogP contribution in [0.25, 0.3) is 0 Å². The van der Waals surface area contributed by atoms with Crippen molar-refractivity contribution in [1.82, 2.24) is 5.16 Å². The normalized spacial score (nSPS) is 11.8. The van der Waals surface area contributed by atoms with E-state index < -0.39 is 15.7 Å². The molecule has 2 rings (SSSR count). The first-order valence-electron chi connectivity index (χ1n) is 5.41. The van der Waals surface area contributed by atoms with Gasteiger partial charge < -0.3 is 4.52 Å². The van der Waals surface area contributed by atoms with Gasteiger partial charge in [0.1, 0.15) is 10.7 Å². The molecule has 1 aromatic heterocycles. The second-order valence-corrected chi connectivity index (χ2v) is 6.48. The molecule has 2 aromatic rings. The molecule has 0 atom stereocenters. The van der Waals surface area contributed by atoms with Crippen molar-refractivity contribution in [3.63, 3.8) is 0 Å². The van der Waals surface area contributed by atoms with Crippen LogP contribution in [-0.4, -0.2) is 13.6 Å². The number of sulfone groups is 1. The van der Waals surface area contributed by atoms with Crippen molar-refractivity contribution in [2.75, 3.05) is 0 Å². The van der Waals surface area contributed by atoms with Crippen molar-refractivity contribution in [3.8, 4) is 0 Å². The summed E-state index contributed by atoms with van der Waals surface area (Å²) < 4.78 is 42.3. The van der Waals surface area contributed by atoms with Gasteiger partial charge in [0.2, 0.25) is 0 Å². The molecule has 0 unspecified atom stereocenters. The number of aryl methyl sites for hydroxylation is 2. The standard InChI is InChI=1S/C12H11ClFNO3S/c1-7-12(8(2)18-15-7)19(16,17)6-9-3-4-10(14)5-11(9)13/h3-5H,6H2,1-2H3. The fourth-order valence-electron chi connectivity index (χ4n) is 1.83. The Bertz CT molecular complexity index is 705. The Morgan fingerprint density at radius 3 is 2.58 bits per heavy atom. The fourth-order valence-corrected chi connectivity index (χ4v) is 3.92. The zero-order valence-corrected chi connectivity index (χ0v) is 11.8. The maximum absolute atomic E-state index is 12.9. The third-order valence-corrected chi connectivity index (χ3v) is 4.89. The van der Waals surface area contributed by atoms with Crippen LogP contribution >= 0.6 is 11.6 Å². The van der Waals surface area contributed by atoms with Crippen LogP contribution in [0, 0.1) is 19.7 Å². The number of nitrogens with zero attached hydrogens (tertiary/aromatic N) is 1. The first kappa shape index (κ1) is 14.0. The Kier molecular flexibility index (Phi) is 3.64. The van der Waals surface area contributed by atoms with E-state index in [2.05, 4.69) is 5.16 Å². The highest BCUT2D eigenvalue weighted by atomic mass is 35.5. The van der Waals surface area contributed by atoms with Crippen LogP contribution in [0.1, 0.15) is 17.0 Å². The van der Waals surface area contributed by atoms with E-state index in [1.165, 1.54) is 19.1 Å². The summed E-state index contributed by atoms with van der Waals surface area (Å²) in [6.45, 7) is 3.08. The lowest BCUT2D eigenvalue weighted by molar-refractivity contribution is 0.390. The van der Waals surface area contributed by atoms with Gasteiger partial charge in [-0.15, -0.1) is 0 Å². The largest absolute Gasteiger partial charge is 0.360 e. The van der Waals surface area contributed by atoms with Gasteiger partial charge in [-0.1, -0.05) is 22.8 Å². The molecule has 0 saturated carbocycles. The van der Waals surface area contributed by atoms with Crippen LogP contribution < -0.4 is 0 Å². The molecule has 19 heavy (non-hydrogen) atoms. The molecule has 7 heteroatoms. The first-order chi connectivity index (χ1) is 8.81. The molecule has 1 heterocycles. The minimum atomic E-state index is -3.63. The molecule has 0 aliphatic heterocycles. The second-order valence-electron chi connectivity index (χ2n) is 4.15. The van der Waals surface area contributed by atoms with Crippen LogP contribution in [0.4, 0.5) is 4.39 Å². The molecule has 4 nitrogen and oxygen atoms in total. The fraction of sp³-hybridized carbons (Fsp3) is 0.250. The van der Waals surface area contributed by atoms with Crippen LogP contribution in [0.5, 0.6) is 0 Å². The summed E-state index contributed by atoms with van der Waals surface area (Å²) in [4.78, 5) is 0.0629. The Labute approximate surface area is 115 Å². The van der Waals surface area contributed by atoms with Crippen molar-refractivity contribution in [3.05, 3.63) is 46.1 Å². The predicted molar refractivity (Wildman–Crippen MR) is 68.3 cm³/mol. The van der Waals surface area contributed by atoms with Gasteiger partial charge in [-0.25, -0.2) is 12.8 Å². The van der Waals surface area contributed by atoms with Gasteiger partial charge in [0, 0.05) is 5.02 Å². The molecule has 0 aliphatic rings. The molecule has 1 aromatic carbocycles. The number of hydrogen-bond acceptors (Lipinski definition) is 4. The Hall–Kier alpha value is -1.40. The SMILES string of the molecule is Cc1noc(C)c1S(=O)(=O)Cc1ccc(F)cc1Cl. The van der Waals surface area contributed by atoms with Gasteiger partial charge in [0.25, 0.3) is 0 Å². The maximum atomic E-state index is 12.9. The molecular weight excluding hydrogens is 293 g/mol. The zero-order chi connectivity index (χ0) is 14.2. The lowest BCUT2D eigenvalue weighted by Crippen LogP contribution is -2.07. The van der Waals surface area contributed by atoms with Crippen LogP contribution in [0.3, 0.4) is 0 Å². The van der Waals surface area contributed by atoms with Gasteiger partial charge in [0.15, 0.2) is 15.6 Å². The molecule has 0 N–H and O–H groups in total. The molecule has 102 valence electrons. The monoisotopic (exact) mass is 303 g/mol. The maximum Gasteiger partial charge on any atom is 0.187 e. The van der Waals surface area contributed by atoms with E-state index in [9.17, 15) is 12.8 Å². The van der Waals surface area contributed by atoms with Gasteiger partial charge in [0.05, 0.1) is 11.4 Å². The van der Waals surface area contributed by atoms with Gasteiger partial charge in [-0.3, -0.25) is 0 Å². The predicted octanol–water partition coefficient (Wildman–Crippen LogP) is 3.06. The number of rotatable bonds is 3. The summed E-state index contributed by atoms with van der Waals surface area (Å²) in [7, 11) is -3.63. The minimum absolute atomic E-state index is 0.0629. The van der Waals surface area contributed by atoms with Gasteiger partial charge >= 0.3 is 0 Å². The highest BCUT2D eigenvalue weighted by molar-refractivity contribution is 7.90. The molecule has 0 radical (unpaired) electrons. The van der Waals surface area contributed by atoms with E-state index in [0.29, 0.717) is 11.3 Å². The van der Waals surface area contributed by atoms with E-state index >= 15 is 0 Å². The molecular formula is C12H11ClFNO3S. The number of hydrogen-bond donors (Lipinski definition) is 0. The van der Waals surface area contributed by atoms with Crippen molar-refractivity contribution in [1.29, 1.82) is 0 Å². The van der Waals surface area contributed by atoms with Gasteiger partial charge in [-0.05, 0) is 31.5 Å². The zero-order valence-electron chi connectivity index (χ0n) is 10.3. The smallest absolute Gasteiger partial charge is 0.187 e. The third kappa shape index (κ3) is 2.79. The molecule has 0 fully saturated rings. The van der Waals surface area contributed by atoms with E-state index in [0.717, 1.165) is 6.07 Å². The van der Waals surface area contributed by atoms with E-state index in [1.54, 1.807) is 6.92 Å². The highest BCUT2D eigenvalue weighted by Gasteiger charge is 2.25. The van der Waals surface area contributed by atoms with Crippen LogP contribution in [0.15, 0.2) is 27.6 Å². The lowest BCUT2D eigenvalue weighted by Gasteiger charge is -2.06. The molecule has 0 bridgehead atoms. The lowest BCUT2D eigenvalue weighted by atomic mass is 10.2. The first-order valence-corrected chi connectivity index (χ1v) is 7.44. The summed E-state index contributed by atoms with van der Waals surface area (Å²) in [6, 6.07) is 3.61. The average Bonchev–Trinajstić information content (AvgIpc) is 2.63.